The predicted molar refractivity (Wildman–Crippen MR) is 261 cm³/mol. The van der Waals surface area contributed by atoms with E-state index in [-0.39, 0.29) is 37.8 Å². The maximum atomic E-state index is 11.5. The first kappa shape index (κ1) is 38.5. The topological polar surface area (TPSA) is 50.9 Å². The minimum absolute atomic E-state index is 0. The van der Waals surface area contributed by atoms with Crippen molar-refractivity contribution in [2.45, 2.75) is 33.0 Å². The van der Waals surface area contributed by atoms with Crippen LogP contribution < -0.4 is 0 Å². The van der Waals surface area contributed by atoms with Crippen molar-refractivity contribution in [1.29, 1.82) is 0 Å². The van der Waals surface area contributed by atoms with Crippen LogP contribution in [0.5, 0.6) is 5.75 Å². The Hall–Kier alpha value is -7.13. The number of hydrogen-bond donors (Lipinski definition) is 1. The van der Waals surface area contributed by atoms with Gasteiger partial charge in [-0.1, -0.05) is 177 Å². The second-order valence-corrected chi connectivity index (χ2v) is 16.9. The van der Waals surface area contributed by atoms with Gasteiger partial charge in [0.25, 0.3) is 0 Å². The van der Waals surface area contributed by atoms with Crippen LogP contribution in [0.15, 0.2) is 200 Å². The fourth-order valence-electron chi connectivity index (χ4n) is 8.41. The summed E-state index contributed by atoms with van der Waals surface area (Å²) < 4.78 is 28.3. The van der Waals surface area contributed by atoms with Crippen LogP contribution in [0.4, 0.5) is 0 Å². The van der Waals surface area contributed by atoms with Gasteiger partial charge in [0.2, 0.25) is 0 Å². The van der Waals surface area contributed by atoms with Crippen LogP contribution in [0.3, 0.4) is 0 Å². The molecular formula is C59H46N3OPt-. The molecule has 4 nitrogen and oxygen atoms in total. The number of para-hydroxylation sites is 2. The van der Waals surface area contributed by atoms with E-state index in [0.717, 1.165) is 67.0 Å². The summed E-state index contributed by atoms with van der Waals surface area (Å²) in [4.78, 5) is 10.3. The zero-order valence-electron chi connectivity index (χ0n) is 38.7. The molecule has 0 aliphatic carbocycles. The smallest absolute Gasteiger partial charge is 0.148 e. The quantitative estimate of drug-likeness (QED) is 0.154. The number of phenols is 1. The number of aromatic hydroxyl groups is 1. The normalized spacial score (nSPS) is 12.3. The summed E-state index contributed by atoms with van der Waals surface area (Å²) in [7, 11) is 0. The average Bonchev–Trinajstić information content (AvgIpc) is 3.73. The van der Waals surface area contributed by atoms with Crippen molar-refractivity contribution in [3.8, 4) is 89.7 Å². The minimum Gasteiger partial charge on any atom is -0.507 e. The van der Waals surface area contributed by atoms with E-state index in [9.17, 15) is 5.11 Å². The maximum absolute atomic E-state index is 11.5. The number of pyridine rings is 1. The molecule has 0 fully saturated rings. The maximum Gasteiger partial charge on any atom is 0.148 e. The molecule has 1 N–H and O–H groups in total. The van der Waals surface area contributed by atoms with E-state index in [0.29, 0.717) is 28.0 Å². The second-order valence-electron chi connectivity index (χ2n) is 16.9. The SMILES string of the molecule is [2H]C([2H])([2H])c1cc(-c2ccccc2)c(-n2c(-c3ccccc3O)nc3c(-c4[c-]c(-c5cc(-c6ccc(-c7ccccc7)cc6)ccn5)cc(C(C)(C)C)c4)cccc32)cc1-c1ccccc1.[Pt]. The van der Waals surface area contributed by atoms with Gasteiger partial charge in [0.05, 0.1) is 22.3 Å². The summed E-state index contributed by atoms with van der Waals surface area (Å²) in [5.74, 6) is 0.580. The summed E-state index contributed by atoms with van der Waals surface area (Å²) in [5, 5.41) is 11.5. The van der Waals surface area contributed by atoms with Crippen LogP contribution >= 0.6 is 0 Å². The van der Waals surface area contributed by atoms with Gasteiger partial charge >= 0.3 is 0 Å². The van der Waals surface area contributed by atoms with Crippen molar-refractivity contribution in [2.24, 2.45) is 0 Å². The van der Waals surface area contributed by atoms with Crippen LogP contribution in [0, 0.1) is 12.9 Å². The van der Waals surface area contributed by atoms with Crippen molar-refractivity contribution in [3.05, 3.63) is 218 Å². The summed E-state index contributed by atoms with van der Waals surface area (Å²) >= 11 is 0. The molecule has 0 saturated carbocycles. The van der Waals surface area contributed by atoms with E-state index >= 15 is 0 Å². The number of aryl methyl sites for hydroxylation is 1. The van der Waals surface area contributed by atoms with Gasteiger partial charge in [0.15, 0.2) is 0 Å². The van der Waals surface area contributed by atoms with E-state index in [2.05, 4.69) is 104 Å². The summed E-state index contributed by atoms with van der Waals surface area (Å²) in [6.45, 7) is 4.21. The molecule has 0 atom stereocenters. The van der Waals surface area contributed by atoms with Gasteiger partial charge in [-0.2, -0.15) is 0 Å². The molecule has 0 bridgehead atoms. The zero-order valence-corrected chi connectivity index (χ0v) is 37.9. The van der Waals surface area contributed by atoms with Crippen LogP contribution in [-0.4, -0.2) is 19.6 Å². The molecule has 5 heteroatoms. The van der Waals surface area contributed by atoms with Gasteiger partial charge < -0.3 is 5.11 Å². The third-order valence-electron chi connectivity index (χ3n) is 11.8. The van der Waals surface area contributed by atoms with E-state index in [1.54, 1.807) is 18.2 Å². The largest absolute Gasteiger partial charge is 0.507 e. The molecule has 0 saturated heterocycles. The first-order valence-corrected chi connectivity index (χ1v) is 21.2. The number of aromatic nitrogens is 3. The number of hydrogen-bond acceptors (Lipinski definition) is 3. The van der Waals surface area contributed by atoms with Crippen LogP contribution in [0.2, 0.25) is 0 Å². The first-order valence-electron chi connectivity index (χ1n) is 22.7. The summed E-state index contributed by atoms with van der Waals surface area (Å²) in [5.41, 5.74) is 14.6. The molecule has 0 spiro atoms. The van der Waals surface area contributed by atoms with E-state index in [1.165, 1.54) is 5.56 Å². The third-order valence-corrected chi connectivity index (χ3v) is 11.8. The monoisotopic (exact) mass is 1010 g/mol. The Morgan fingerprint density at radius 1 is 0.531 bits per heavy atom. The van der Waals surface area contributed by atoms with Crippen molar-refractivity contribution in [3.63, 3.8) is 0 Å². The van der Waals surface area contributed by atoms with Gasteiger partial charge in [-0.15, -0.1) is 29.3 Å². The molecule has 64 heavy (non-hydrogen) atoms. The van der Waals surface area contributed by atoms with Gasteiger partial charge in [-0.05, 0) is 93.2 Å². The third kappa shape index (κ3) is 8.14. The number of rotatable bonds is 8. The Kier molecular flexibility index (Phi) is 10.6. The minimum atomic E-state index is -2.41. The summed E-state index contributed by atoms with van der Waals surface area (Å²) in [6, 6.07) is 67.9. The van der Waals surface area contributed by atoms with Crippen LogP contribution in [0.25, 0.3) is 95.0 Å². The molecule has 8 aromatic carbocycles. The Balaban J connectivity index is 0.00000562. The van der Waals surface area contributed by atoms with Crippen molar-refractivity contribution >= 4 is 11.0 Å². The summed E-state index contributed by atoms with van der Waals surface area (Å²) in [6.07, 6.45) is 1.86. The second kappa shape index (κ2) is 17.6. The predicted octanol–water partition coefficient (Wildman–Crippen LogP) is 15.2. The Labute approximate surface area is 394 Å². The molecule has 2 aromatic heterocycles. The Morgan fingerprint density at radius 2 is 1.11 bits per heavy atom. The average molecular weight is 1010 g/mol. The van der Waals surface area contributed by atoms with Crippen molar-refractivity contribution in [2.75, 3.05) is 0 Å². The molecular weight excluding hydrogens is 962 g/mol. The van der Waals surface area contributed by atoms with Gasteiger partial charge in [-0.25, -0.2) is 4.98 Å². The molecule has 0 aliphatic heterocycles. The van der Waals surface area contributed by atoms with E-state index in [4.69, 9.17) is 14.1 Å². The first-order chi connectivity index (χ1) is 31.9. The van der Waals surface area contributed by atoms with E-state index < -0.39 is 6.85 Å². The fraction of sp³-hybridized carbons (Fsp3) is 0.0847. The van der Waals surface area contributed by atoms with E-state index in [1.807, 2.05) is 109 Å². The molecule has 314 valence electrons. The van der Waals surface area contributed by atoms with Crippen molar-refractivity contribution < 1.29 is 30.3 Å². The number of fused-ring (bicyclic) bond motifs is 1. The molecule has 0 aliphatic rings. The Morgan fingerprint density at radius 3 is 1.77 bits per heavy atom. The van der Waals surface area contributed by atoms with Gasteiger partial charge in [0.1, 0.15) is 11.6 Å². The number of nitrogens with zero attached hydrogens (tertiary/aromatic N) is 3. The molecule has 0 radical (unpaired) electrons. The van der Waals surface area contributed by atoms with Crippen LogP contribution in [-0.2, 0) is 26.5 Å². The molecule has 10 rings (SSSR count). The number of phenolic OH excluding ortho intramolecular Hbond substituents is 1. The standard InChI is InChI=1S/C59H46N3O.Pt/c1-39-33-52(44-21-12-7-13-22-44)55(38-51(39)43-19-10-6-11-20-43)62-54-25-16-24-49(57(54)61-58(62)50-23-14-15-26-56(50)63)46-34-47(36-48(35-46)59(2,3)4)53-37-45(31-32-60-53)42-29-27-41(28-30-42)40-17-8-5-9-18-40;/h5-33,35-38,63H,1-4H3;/q-1;/i1D3;. The van der Waals surface area contributed by atoms with Gasteiger partial charge in [0, 0.05) is 42.6 Å². The van der Waals surface area contributed by atoms with Crippen molar-refractivity contribution in [1.82, 2.24) is 14.5 Å². The molecule has 10 aromatic rings. The fourth-order valence-corrected chi connectivity index (χ4v) is 8.41. The molecule has 2 heterocycles. The molecule has 0 amide bonds. The van der Waals surface area contributed by atoms with Gasteiger partial charge in [-0.3, -0.25) is 9.55 Å². The van der Waals surface area contributed by atoms with Crippen LogP contribution in [0.1, 0.15) is 36.0 Å². The number of imidazole rings is 1. The zero-order chi connectivity index (χ0) is 45.6. The molecule has 0 unspecified atom stereocenters. The Bertz CT molecular complexity index is 3380. The number of benzene rings is 8.